The number of nitrogens with one attached hydrogen (secondary N) is 2. The Balaban J connectivity index is 0. The highest BCUT2D eigenvalue weighted by Gasteiger charge is 2.09. The van der Waals surface area contributed by atoms with Crippen molar-refractivity contribution in [3.63, 3.8) is 0 Å². The Kier molecular flexibility index (Phi) is 53.8. The van der Waals surface area contributed by atoms with E-state index in [1.807, 2.05) is 19.4 Å². The van der Waals surface area contributed by atoms with Crippen molar-refractivity contribution in [2.75, 3.05) is 43.9 Å². The van der Waals surface area contributed by atoms with E-state index in [4.69, 9.17) is 9.47 Å². The number of hydrogen-bond donors (Lipinski definition) is 2. The zero-order chi connectivity index (χ0) is 46.5. The molecule has 2 N–H and O–H groups in total. The highest BCUT2D eigenvalue weighted by Crippen LogP contribution is 2.19. The van der Waals surface area contributed by atoms with Crippen molar-refractivity contribution in [1.82, 2.24) is 9.88 Å². The molecule has 1 atom stereocenters. The van der Waals surface area contributed by atoms with Crippen LogP contribution < -0.4 is 10.6 Å². The summed E-state index contributed by atoms with van der Waals surface area (Å²) in [4.78, 5) is 27.6. The molecule has 1 unspecified atom stereocenters. The zero-order valence-electron chi connectivity index (χ0n) is 43.1. The average Bonchev–Trinajstić information content (AvgIpc) is 3.30. The van der Waals surface area contributed by atoms with Crippen molar-refractivity contribution < 1.29 is 19.1 Å². The molecule has 0 saturated carbocycles. The van der Waals surface area contributed by atoms with Crippen LogP contribution in [0.3, 0.4) is 0 Å². The van der Waals surface area contributed by atoms with E-state index >= 15 is 0 Å². The maximum Gasteiger partial charge on any atom is 0.293 e. The maximum atomic E-state index is 10.5. The molecule has 0 fully saturated rings. The van der Waals surface area contributed by atoms with E-state index in [-0.39, 0.29) is 12.2 Å². The molecular formula is C55H108N4O4. The van der Waals surface area contributed by atoms with E-state index < -0.39 is 0 Å². The van der Waals surface area contributed by atoms with Crippen molar-refractivity contribution in [1.29, 1.82) is 0 Å². The number of hydrogen-bond acceptors (Lipinski definition) is 8. The van der Waals surface area contributed by atoms with Gasteiger partial charge in [-0.3, -0.25) is 14.6 Å². The van der Waals surface area contributed by atoms with Gasteiger partial charge < -0.3 is 25.0 Å². The van der Waals surface area contributed by atoms with Gasteiger partial charge in [0.1, 0.15) is 12.2 Å². The van der Waals surface area contributed by atoms with Crippen LogP contribution in [0, 0.1) is 0 Å². The van der Waals surface area contributed by atoms with Gasteiger partial charge in [0, 0.05) is 19.8 Å². The number of unbranched alkanes of at least 4 members (excludes halogenated alkanes) is 25. The topological polar surface area (TPSA) is 92.8 Å². The number of nitrogens with zero attached hydrogens (tertiary/aromatic N) is 2. The summed E-state index contributed by atoms with van der Waals surface area (Å²) >= 11 is 0. The summed E-state index contributed by atoms with van der Waals surface area (Å²) in [5.74, 6) is 0. The van der Waals surface area contributed by atoms with Gasteiger partial charge in [0.05, 0.1) is 17.6 Å². The molecule has 372 valence electrons. The summed E-state index contributed by atoms with van der Waals surface area (Å²) in [6, 6.07) is 2.05. The smallest absolute Gasteiger partial charge is 0.293 e. The SMILES string of the molecule is CCCCCCCCC(CC)OC=O.CCCCCCCCC(CCCCCCCC)OC=O.CCCCCCCCN(CCCCCCCC)CCCNc1ccncc1NC. The van der Waals surface area contributed by atoms with Gasteiger partial charge in [0.25, 0.3) is 12.9 Å². The third-order valence-corrected chi connectivity index (χ3v) is 12.3. The summed E-state index contributed by atoms with van der Waals surface area (Å²) in [5, 5.41) is 6.78. The fourth-order valence-corrected chi connectivity index (χ4v) is 8.10. The normalized spacial score (nSPS) is 11.4. The Labute approximate surface area is 392 Å². The lowest BCUT2D eigenvalue weighted by Crippen LogP contribution is -2.28. The summed E-state index contributed by atoms with van der Waals surface area (Å²) in [6.07, 6.45) is 49.4. The number of anilines is 2. The predicted molar refractivity (Wildman–Crippen MR) is 276 cm³/mol. The van der Waals surface area contributed by atoms with E-state index in [2.05, 4.69) is 68.1 Å². The molecule has 0 aliphatic heterocycles. The number of carbonyl (C=O) groups excluding carboxylic acids is 2. The van der Waals surface area contributed by atoms with Crippen LogP contribution >= 0.6 is 0 Å². The minimum Gasteiger partial charge on any atom is -0.465 e. The molecule has 0 aliphatic carbocycles. The Bertz CT molecular complexity index is 998. The van der Waals surface area contributed by atoms with Crippen LogP contribution in [-0.4, -0.2) is 68.3 Å². The van der Waals surface area contributed by atoms with Crippen LogP contribution in [0.4, 0.5) is 11.4 Å². The van der Waals surface area contributed by atoms with Gasteiger partial charge in [-0.25, -0.2) is 0 Å². The fourth-order valence-electron chi connectivity index (χ4n) is 8.10. The van der Waals surface area contributed by atoms with Crippen molar-refractivity contribution >= 4 is 24.3 Å². The molecule has 0 saturated heterocycles. The first-order valence-corrected chi connectivity index (χ1v) is 27.3. The molecule has 63 heavy (non-hydrogen) atoms. The summed E-state index contributed by atoms with van der Waals surface area (Å²) in [6.45, 7) is 19.3. The third-order valence-electron chi connectivity index (χ3n) is 12.3. The van der Waals surface area contributed by atoms with Crippen LogP contribution in [0.25, 0.3) is 0 Å². The molecule has 0 spiro atoms. The number of ether oxygens (including phenoxy) is 2. The van der Waals surface area contributed by atoms with Crippen LogP contribution in [0.1, 0.15) is 266 Å². The minimum absolute atomic E-state index is 0.152. The Hall–Kier alpha value is -2.35. The second-order valence-corrected chi connectivity index (χ2v) is 18.1. The van der Waals surface area contributed by atoms with Crippen LogP contribution in [0.5, 0.6) is 0 Å². The zero-order valence-corrected chi connectivity index (χ0v) is 43.1. The molecule has 0 bridgehead atoms. The van der Waals surface area contributed by atoms with Crippen molar-refractivity contribution in [3.05, 3.63) is 18.5 Å². The van der Waals surface area contributed by atoms with Gasteiger partial charge in [-0.2, -0.15) is 0 Å². The van der Waals surface area contributed by atoms with Crippen molar-refractivity contribution in [3.8, 4) is 0 Å². The molecule has 1 aromatic rings. The lowest BCUT2D eigenvalue weighted by Gasteiger charge is -2.23. The highest BCUT2D eigenvalue weighted by atomic mass is 16.5. The van der Waals surface area contributed by atoms with Crippen LogP contribution in [0.2, 0.25) is 0 Å². The Morgan fingerprint density at radius 3 is 1.25 bits per heavy atom. The molecule has 0 amide bonds. The van der Waals surface area contributed by atoms with Gasteiger partial charge >= 0.3 is 0 Å². The Morgan fingerprint density at radius 1 is 0.492 bits per heavy atom. The molecule has 0 radical (unpaired) electrons. The summed E-state index contributed by atoms with van der Waals surface area (Å²) in [5.41, 5.74) is 2.23. The van der Waals surface area contributed by atoms with Gasteiger partial charge in [-0.05, 0) is 89.9 Å². The van der Waals surface area contributed by atoms with Gasteiger partial charge in [0.15, 0.2) is 0 Å². The lowest BCUT2D eigenvalue weighted by molar-refractivity contribution is -0.135. The predicted octanol–water partition coefficient (Wildman–Crippen LogP) is 16.7. The Morgan fingerprint density at radius 2 is 0.857 bits per heavy atom. The van der Waals surface area contributed by atoms with Crippen molar-refractivity contribution in [2.45, 2.75) is 278 Å². The lowest BCUT2D eigenvalue weighted by atomic mass is 10.0. The van der Waals surface area contributed by atoms with E-state index in [0.717, 1.165) is 43.6 Å². The van der Waals surface area contributed by atoms with E-state index in [9.17, 15) is 9.59 Å². The molecule has 0 aromatic carbocycles. The number of pyridine rings is 1. The largest absolute Gasteiger partial charge is 0.465 e. The number of rotatable bonds is 46. The van der Waals surface area contributed by atoms with Gasteiger partial charge in [-0.15, -0.1) is 0 Å². The van der Waals surface area contributed by atoms with E-state index in [1.54, 1.807) is 0 Å². The second kappa shape index (κ2) is 54.0. The molecule has 0 aliphatic rings. The molecule has 1 heterocycles. The van der Waals surface area contributed by atoms with Crippen LogP contribution in [0.15, 0.2) is 18.5 Å². The second-order valence-electron chi connectivity index (χ2n) is 18.1. The van der Waals surface area contributed by atoms with Gasteiger partial charge in [-0.1, -0.05) is 202 Å². The number of carbonyl (C=O) groups is 2. The summed E-state index contributed by atoms with van der Waals surface area (Å²) < 4.78 is 10.2. The summed E-state index contributed by atoms with van der Waals surface area (Å²) in [7, 11) is 1.95. The average molecular weight is 889 g/mol. The molecule has 1 rings (SSSR count). The molecule has 8 heteroatoms. The van der Waals surface area contributed by atoms with Gasteiger partial charge in [0.2, 0.25) is 0 Å². The third kappa shape index (κ3) is 46.0. The monoisotopic (exact) mass is 889 g/mol. The standard InChI is InChI=1S/C25H48N4.C18H36O2.C12H24O2/c1-4-6-8-10-12-14-20-29(21-15-13-11-9-7-5-2)22-16-18-28-24-17-19-27-23-25(24)26-3;1-3-5-7-9-11-13-15-18(20-17-19)16-14-12-10-8-6-4-2;1-3-5-6-7-8-9-10-12(4-2)14-11-13/h17,19,23,26H,4-16,18,20-22H2,1-3H3,(H,27,28);17-18H,3-16H2,1-2H3;11-12H,3-10H2,1-2H3. The van der Waals surface area contributed by atoms with Crippen LogP contribution in [-0.2, 0) is 19.1 Å². The highest BCUT2D eigenvalue weighted by molar-refractivity contribution is 5.66. The molecular weight excluding hydrogens is 781 g/mol. The first-order chi connectivity index (χ1) is 31.0. The first kappa shape index (κ1) is 62.7. The maximum absolute atomic E-state index is 10.5. The molecule has 1 aromatic heterocycles. The molecule has 8 nitrogen and oxygen atoms in total. The quantitative estimate of drug-likeness (QED) is 0.0494. The van der Waals surface area contributed by atoms with Crippen molar-refractivity contribution in [2.24, 2.45) is 0 Å². The van der Waals surface area contributed by atoms with E-state index in [0.29, 0.717) is 12.9 Å². The fraction of sp³-hybridized carbons (Fsp3) is 0.873. The first-order valence-electron chi connectivity index (χ1n) is 27.3. The number of aromatic nitrogens is 1. The van der Waals surface area contributed by atoms with E-state index in [1.165, 1.54) is 219 Å². The minimum atomic E-state index is 0.152.